The summed E-state index contributed by atoms with van der Waals surface area (Å²) in [7, 11) is -3.24. The maximum absolute atomic E-state index is 13.5. The van der Waals surface area contributed by atoms with Crippen LogP contribution in [-0.4, -0.2) is 26.7 Å². The van der Waals surface area contributed by atoms with E-state index in [0.717, 1.165) is 11.1 Å². The third-order valence-corrected chi connectivity index (χ3v) is 6.51. The molecular weight excluding hydrogens is 407 g/mol. The number of hydrogen-bond acceptors (Lipinski definition) is 4. The fraction of sp³-hybridized carbons (Fsp3) is 0.318. The molecule has 0 aliphatic rings. The van der Waals surface area contributed by atoms with Crippen molar-refractivity contribution in [3.8, 4) is 0 Å². The number of carbonyl (C=O) groups excluding carboxylic acids is 1. The minimum atomic E-state index is -3.24. The number of aryl methyl sites for hydroxylation is 1. The number of fused-ring (bicyclic) bond motifs is 1. The van der Waals surface area contributed by atoms with Gasteiger partial charge in [0.1, 0.15) is 17.2 Å². The Bertz CT molecular complexity index is 1130. The van der Waals surface area contributed by atoms with Crippen molar-refractivity contribution >= 4 is 26.8 Å². The van der Waals surface area contributed by atoms with Gasteiger partial charge in [0.2, 0.25) is 0 Å². The molecule has 0 spiro atoms. The number of hydrogen-bond donors (Lipinski definition) is 2. The molecule has 0 bridgehead atoms. The SMILES string of the molecule is Cc1c(C(C)NC(=O)NCCCS(=O)(=O)Cc2ccccc2)oc2ccc(F)cc12. The van der Waals surface area contributed by atoms with E-state index in [2.05, 4.69) is 10.6 Å². The lowest BCUT2D eigenvalue weighted by Gasteiger charge is -2.13. The number of halogens is 1. The van der Waals surface area contributed by atoms with E-state index in [1.807, 2.05) is 13.0 Å². The molecule has 2 amide bonds. The lowest BCUT2D eigenvalue weighted by Crippen LogP contribution is -2.38. The highest BCUT2D eigenvalue weighted by Crippen LogP contribution is 2.29. The number of rotatable bonds is 8. The van der Waals surface area contributed by atoms with Crippen molar-refractivity contribution < 1.29 is 22.0 Å². The van der Waals surface area contributed by atoms with Crippen LogP contribution in [0.5, 0.6) is 0 Å². The van der Waals surface area contributed by atoms with E-state index < -0.39 is 21.9 Å². The van der Waals surface area contributed by atoms with Crippen LogP contribution in [0.25, 0.3) is 11.0 Å². The van der Waals surface area contributed by atoms with Crippen molar-refractivity contribution in [2.24, 2.45) is 0 Å². The summed E-state index contributed by atoms with van der Waals surface area (Å²) in [5, 5.41) is 6.10. The van der Waals surface area contributed by atoms with Crippen molar-refractivity contribution in [2.45, 2.75) is 32.1 Å². The Morgan fingerprint density at radius 2 is 1.90 bits per heavy atom. The van der Waals surface area contributed by atoms with Gasteiger partial charge >= 0.3 is 6.03 Å². The van der Waals surface area contributed by atoms with E-state index in [9.17, 15) is 17.6 Å². The van der Waals surface area contributed by atoms with Crippen LogP contribution in [0.3, 0.4) is 0 Å². The molecule has 1 heterocycles. The van der Waals surface area contributed by atoms with Crippen LogP contribution >= 0.6 is 0 Å². The predicted molar refractivity (Wildman–Crippen MR) is 114 cm³/mol. The molecule has 6 nitrogen and oxygen atoms in total. The average molecular weight is 433 g/mol. The first kappa shape index (κ1) is 21.8. The lowest BCUT2D eigenvalue weighted by molar-refractivity contribution is 0.236. The molecule has 2 aromatic carbocycles. The maximum Gasteiger partial charge on any atom is 0.315 e. The molecule has 2 N–H and O–H groups in total. The van der Waals surface area contributed by atoms with Crippen LogP contribution in [0.4, 0.5) is 9.18 Å². The molecule has 1 unspecified atom stereocenters. The number of benzene rings is 2. The van der Waals surface area contributed by atoms with Crippen molar-refractivity contribution in [1.29, 1.82) is 0 Å². The summed E-state index contributed by atoms with van der Waals surface area (Å²) in [6.45, 7) is 3.82. The second-order valence-corrected chi connectivity index (χ2v) is 9.47. The van der Waals surface area contributed by atoms with Gasteiger partial charge in [-0.2, -0.15) is 0 Å². The molecule has 3 aromatic rings. The van der Waals surface area contributed by atoms with Gasteiger partial charge in [0, 0.05) is 17.5 Å². The van der Waals surface area contributed by atoms with Gasteiger partial charge in [-0.15, -0.1) is 0 Å². The van der Waals surface area contributed by atoms with E-state index in [1.54, 1.807) is 37.3 Å². The number of amides is 2. The Morgan fingerprint density at radius 3 is 2.63 bits per heavy atom. The summed E-state index contributed by atoms with van der Waals surface area (Å²) >= 11 is 0. The molecule has 0 saturated heterocycles. The van der Waals surface area contributed by atoms with E-state index in [-0.39, 0.29) is 23.9 Å². The summed E-state index contributed by atoms with van der Waals surface area (Å²) in [5.74, 6) is 0.185. The molecule has 0 radical (unpaired) electrons. The minimum absolute atomic E-state index is 0.00796. The lowest BCUT2D eigenvalue weighted by atomic mass is 10.1. The molecule has 3 rings (SSSR count). The second-order valence-electron chi connectivity index (χ2n) is 7.28. The van der Waals surface area contributed by atoms with Crippen molar-refractivity contribution in [2.75, 3.05) is 12.3 Å². The molecule has 0 fully saturated rings. The fourth-order valence-corrected chi connectivity index (χ4v) is 4.76. The van der Waals surface area contributed by atoms with Crippen molar-refractivity contribution in [1.82, 2.24) is 10.6 Å². The molecule has 1 atom stereocenters. The van der Waals surface area contributed by atoms with E-state index in [4.69, 9.17) is 4.42 Å². The van der Waals surface area contributed by atoms with Crippen LogP contribution in [0.2, 0.25) is 0 Å². The zero-order valence-electron chi connectivity index (χ0n) is 16.9. The molecule has 0 saturated carbocycles. The highest BCUT2D eigenvalue weighted by Gasteiger charge is 2.19. The Morgan fingerprint density at radius 1 is 1.17 bits per heavy atom. The number of sulfone groups is 1. The van der Waals surface area contributed by atoms with Crippen LogP contribution in [0, 0.1) is 12.7 Å². The van der Waals surface area contributed by atoms with Gasteiger partial charge in [-0.05, 0) is 44.0 Å². The quantitative estimate of drug-likeness (QED) is 0.521. The number of carbonyl (C=O) groups is 1. The zero-order valence-corrected chi connectivity index (χ0v) is 17.8. The first-order valence-corrected chi connectivity index (χ1v) is 11.5. The molecular formula is C22H25FN2O4S. The van der Waals surface area contributed by atoms with Crippen LogP contribution < -0.4 is 10.6 Å². The number of nitrogens with one attached hydrogen (secondary N) is 2. The summed E-state index contributed by atoms with van der Waals surface area (Å²) in [6, 6.07) is 12.4. The van der Waals surface area contributed by atoms with Crippen LogP contribution in [0.15, 0.2) is 52.9 Å². The topological polar surface area (TPSA) is 88.4 Å². The molecule has 160 valence electrons. The van der Waals surface area contributed by atoms with Crippen LogP contribution in [0.1, 0.15) is 36.3 Å². The van der Waals surface area contributed by atoms with Crippen molar-refractivity contribution in [3.05, 3.63) is 71.2 Å². The van der Waals surface area contributed by atoms with Gasteiger partial charge in [-0.1, -0.05) is 30.3 Å². The Balaban J connectivity index is 1.47. The van der Waals surface area contributed by atoms with Gasteiger partial charge in [-0.25, -0.2) is 17.6 Å². The van der Waals surface area contributed by atoms with Crippen LogP contribution in [-0.2, 0) is 15.6 Å². The third kappa shape index (κ3) is 5.60. The average Bonchev–Trinajstić information content (AvgIpc) is 3.02. The summed E-state index contributed by atoms with van der Waals surface area (Å²) in [6.07, 6.45) is 0.319. The summed E-state index contributed by atoms with van der Waals surface area (Å²) in [4.78, 5) is 12.1. The maximum atomic E-state index is 13.5. The fourth-order valence-electron chi connectivity index (χ4n) is 3.33. The van der Waals surface area contributed by atoms with E-state index in [0.29, 0.717) is 23.2 Å². The standard InChI is InChI=1S/C22H25FN2O4S/c1-15-19-13-18(23)9-10-20(19)29-21(15)16(2)25-22(26)24-11-6-12-30(27,28)14-17-7-4-3-5-8-17/h3-5,7-10,13,16H,6,11-12,14H2,1-2H3,(H2,24,25,26). The first-order chi connectivity index (χ1) is 14.2. The molecule has 30 heavy (non-hydrogen) atoms. The molecule has 0 aliphatic heterocycles. The summed E-state index contributed by atoms with van der Waals surface area (Å²) in [5.41, 5.74) is 2.07. The Kier molecular flexibility index (Phi) is 6.77. The molecule has 0 aliphatic carbocycles. The highest BCUT2D eigenvalue weighted by atomic mass is 32.2. The number of urea groups is 1. The zero-order chi connectivity index (χ0) is 21.7. The Hall–Kier alpha value is -2.87. The largest absolute Gasteiger partial charge is 0.459 e. The van der Waals surface area contributed by atoms with Gasteiger partial charge < -0.3 is 15.1 Å². The van der Waals surface area contributed by atoms with Crippen molar-refractivity contribution in [3.63, 3.8) is 0 Å². The number of furan rings is 1. The third-order valence-electron chi connectivity index (χ3n) is 4.82. The van der Waals surface area contributed by atoms with E-state index in [1.165, 1.54) is 12.1 Å². The minimum Gasteiger partial charge on any atom is -0.459 e. The smallest absolute Gasteiger partial charge is 0.315 e. The Labute approximate surface area is 175 Å². The molecule has 8 heteroatoms. The normalized spacial score (nSPS) is 12.6. The second kappa shape index (κ2) is 9.30. The predicted octanol–water partition coefficient (Wildman–Crippen LogP) is 4.25. The van der Waals surface area contributed by atoms with Gasteiger partial charge in [0.25, 0.3) is 0 Å². The summed E-state index contributed by atoms with van der Waals surface area (Å²) < 4.78 is 43.6. The van der Waals surface area contributed by atoms with E-state index >= 15 is 0 Å². The highest BCUT2D eigenvalue weighted by molar-refractivity contribution is 7.90. The monoisotopic (exact) mass is 432 g/mol. The van der Waals surface area contributed by atoms with Gasteiger partial charge in [0.05, 0.1) is 17.5 Å². The first-order valence-electron chi connectivity index (χ1n) is 9.72. The van der Waals surface area contributed by atoms with Gasteiger partial charge in [0.15, 0.2) is 9.84 Å². The van der Waals surface area contributed by atoms with Gasteiger partial charge in [-0.3, -0.25) is 0 Å². The molecule has 1 aromatic heterocycles.